The molecule has 1 aromatic carbocycles. The van der Waals surface area contributed by atoms with Gasteiger partial charge in [-0.25, -0.2) is 0 Å². The van der Waals surface area contributed by atoms with Gasteiger partial charge in [-0.3, -0.25) is 4.79 Å². The third-order valence-corrected chi connectivity index (χ3v) is 4.24. The Labute approximate surface area is 122 Å². The van der Waals surface area contributed by atoms with Crippen molar-refractivity contribution in [3.8, 4) is 0 Å². The zero-order valence-electron chi connectivity index (χ0n) is 12.3. The third kappa shape index (κ3) is 2.92. The van der Waals surface area contributed by atoms with Crippen molar-refractivity contribution in [1.29, 1.82) is 0 Å². The Morgan fingerprint density at radius 1 is 1.24 bits per heavy atom. The second kappa shape index (κ2) is 5.70. The molecule has 21 heavy (non-hydrogen) atoms. The molecule has 1 amide bonds. The van der Waals surface area contributed by atoms with Crippen molar-refractivity contribution in [2.24, 2.45) is 5.41 Å². The molecule has 0 radical (unpaired) electrons. The molecule has 0 saturated heterocycles. The predicted octanol–water partition coefficient (Wildman–Crippen LogP) is 4.16. The van der Waals surface area contributed by atoms with Crippen molar-refractivity contribution >= 4 is 5.91 Å². The molecule has 0 aromatic heterocycles. The van der Waals surface area contributed by atoms with Crippen LogP contribution in [0.2, 0.25) is 0 Å². The van der Waals surface area contributed by atoms with Crippen LogP contribution in [-0.2, 0) is 11.3 Å². The van der Waals surface area contributed by atoms with Gasteiger partial charge in [0.25, 0.3) is 0 Å². The third-order valence-electron chi connectivity index (χ3n) is 4.24. The zero-order chi connectivity index (χ0) is 15.7. The fourth-order valence-corrected chi connectivity index (χ4v) is 2.69. The van der Waals surface area contributed by atoms with Crippen LogP contribution in [0.1, 0.15) is 38.7 Å². The largest absolute Gasteiger partial charge is 0.403 e. The Kier molecular flexibility index (Phi) is 4.30. The molecule has 0 bridgehead atoms. The highest BCUT2D eigenvalue weighted by Crippen LogP contribution is 2.54. The molecule has 0 heterocycles. The lowest BCUT2D eigenvalue weighted by molar-refractivity contribution is -0.249. The Morgan fingerprint density at radius 3 is 2.19 bits per heavy atom. The van der Waals surface area contributed by atoms with Crippen molar-refractivity contribution in [3.05, 3.63) is 35.9 Å². The first-order chi connectivity index (χ1) is 9.78. The lowest BCUT2D eigenvalue weighted by Crippen LogP contribution is -2.57. The minimum absolute atomic E-state index is 0.0899. The van der Waals surface area contributed by atoms with Gasteiger partial charge in [-0.2, -0.15) is 13.2 Å². The molecule has 5 heteroatoms. The highest BCUT2D eigenvalue weighted by molar-refractivity contribution is 5.84. The van der Waals surface area contributed by atoms with Gasteiger partial charge in [0.05, 0.1) is 0 Å². The van der Waals surface area contributed by atoms with Crippen molar-refractivity contribution in [2.45, 2.75) is 51.9 Å². The highest BCUT2D eigenvalue weighted by atomic mass is 19.4. The quantitative estimate of drug-likeness (QED) is 0.817. The van der Waals surface area contributed by atoms with Crippen LogP contribution in [0, 0.1) is 5.41 Å². The van der Waals surface area contributed by atoms with E-state index >= 15 is 0 Å². The number of carbonyl (C=O) groups excluding carboxylic acids is 1. The van der Waals surface area contributed by atoms with E-state index in [1.165, 1.54) is 4.90 Å². The molecule has 1 saturated carbocycles. The topological polar surface area (TPSA) is 20.3 Å². The smallest absolute Gasteiger partial charge is 0.335 e. The van der Waals surface area contributed by atoms with Crippen LogP contribution in [0.4, 0.5) is 13.2 Å². The minimum atomic E-state index is -4.47. The number of alkyl halides is 3. The zero-order valence-corrected chi connectivity index (χ0v) is 12.3. The van der Waals surface area contributed by atoms with Gasteiger partial charge in [-0.05, 0) is 32.3 Å². The summed E-state index contributed by atoms with van der Waals surface area (Å²) in [5, 5.41) is 0. The maximum Gasteiger partial charge on any atom is 0.403 e. The van der Waals surface area contributed by atoms with Gasteiger partial charge < -0.3 is 4.90 Å². The standard InChI is InChI=1S/C16H20F3NO/c1-12(2)20(11-13-7-4-3-5-8-13)14(21)15(9-6-10-15)16(17,18)19/h3-5,7-8,12H,6,9-11H2,1-2H3. The molecule has 0 aliphatic heterocycles. The molecule has 1 aromatic rings. The predicted molar refractivity (Wildman–Crippen MR) is 74.5 cm³/mol. The second-order valence-corrected chi connectivity index (χ2v) is 5.95. The van der Waals surface area contributed by atoms with Gasteiger partial charge in [0.1, 0.15) is 5.41 Å². The SMILES string of the molecule is CC(C)N(Cc1ccccc1)C(=O)C1(C(F)(F)F)CCC1. The van der Waals surface area contributed by atoms with E-state index in [4.69, 9.17) is 0 Å². The maximum atomic E-state index is 13.3. The van der Waals surface area contributed by atoms with Crippen LogP contribution in [0.5, 0.6) is 0 Å². The number of carbonyl (C=O) groups is 1. The highest BCUT2D eigenvalue weighted by Gasteiger charge is 2.64. The van der Waals surface area contributed by atoms with Gasteiger partial charge in [-0.1, -0.05) is 36.8 Å². The first kappa shape index (κ1) is 15.9. The van der Waals surface area contributed by atoms with Gasteiger partial charge in [0, 0.05) is 12.6 Å². The van der Waals surface area contributed by atoms with Crippen LogP contribution in [0.15, 0.2) is 30.3 Å². The molecule has 0 atom stereocenters. The molecule has 116 valence electrons. The number of hydrogen-bond acceptors (Lipinski definition) is 1. The first-order valence-corrected chi connectivity index (χ1v) is 7.20. The Morgan fingerprint density at radius 2 is 1.81 bits per heavy atom. The summed E-state index contributed by atoms with van der Waals surface area (Å²) >= 11 is 0. The molecule has 2 rings (SSSR count). The maximum absolute atomic E-state index is 13.3. The first-order valence-electron chi connectivity index (χ1n) is 7.20. The summed E-state index contributed by atoms with van der Waals surface area (Å²) in [5.74, 6) is -0.778. The van der Waals surface area contributed by atoms with Crippen LogP contribution >= 0.6 is 0 Å². The van der Waals surface area contributed by atoms with Crippen molar-refractivity contribution in [3.63, 3.8) is 0 Å². The van der Waals surface area contributed by atoms with Gasteiger partial charge in [0.2, 0.25) is 5.91 Å². The van der Waals surface area contributed by atoms with E-state index in [-0.39, 0.29) is 25.4 Å². The lowest BCUT2D eigenvalue weighted by atomic mass is 9.67. The molecule has 1 aliphatic carbocycles. The molecule has 0 N–H and O–H groups in total. The van der Waals surface area contributed by atoms with Gasteiger partial charge >= 0.3 is 6.18 Å². The summed E-state index contributed by atoms with van der Waals surface area (Å²) in [6.07, 6.45) is -4.19. The second-order valence-electron chi connectivity index (χ2n) is 5.95. The normalized spacial score (nSPS) is 17.4. The molecule has 0 unspecified atom stereocenters. The van der Waals surface area contributed by atoms with E-state index in [2.05, 4.69) is 0 Å². The van der Waals surface area contributed by atoms with Crippen LogP contribution in [-0.4, -0.2) is 23.0 Å². The lowest BCUT2D eigenvalue weighted by Gasteiger charge is -2.45. The van der Waals surface area contributed by atoms with E-state index in [1.807, 2.05) is 30.3 Å². The minimum Gasteiger partial charge on any atom is -0.335 e. The van der Waals surface area contributed by atoms with Crippen LogP contribution in [0.3, 0.4) is 0 Å². The number of hydrogen-bond donors (Lipinski definition) is 0. The summed E-state index contributed by atoms with van der Waals surface area (Å²) in [7, 11) is 0. The number of nitrogens with zero attached hydrogens (tertiary/aromatic N) is 1. The number of amides is 1. The Balaban J connectivity index is 2.24. The van der Waals surface area contributed by atoms with E-state index in [0.29, 0.717) is 6.42 Å². The molecule has 0 spiro atoms. The Hall–Kier alpha value is -1.52. The van der Waals surface area contributed by atoms with Crippen LogP contribution < -0.4 is 0 Å². The van der Waals surface area contributed by atoms with Gasteiger partial charge in [0.15, 0.2) is 0 Å². The van der Waals surface area contributed by atoms with E-state index in [9.17, 15) is 18.0 Å². The fourth-order valence-electron chi connectivity index (χ4n) is 2.69. The summed E-state index contributed by atoms with van der Waals surface area (Å²) < 4.78 is 40.0. The van der Waals surface area contributed by atoms with E-state index < -0.39 is 17.5 Å². The number of rotatable bonds is 4. The summed E-state index contributed by atoms with van der Waals surface area (Å²) in [4.78, 5) is 13.9. The average molecular weight is 299 g/mol. The molecular weight excluding hydrogens is 279 g/mol. The Bertz CT molecular complexity index is 492. The molecule has 1 aliphatic rings. The summed E-state index contributed by atoms with van der Waals surface area (Å²) in [6, 6.07) is 8.86. The molecular formula is C16H20F3NO. The summed E-state index contributed by atoms with van der Waals surface area (Å²) in [6.45, 7) is 3.72. The van der Waals surface area contributed by atoms with Crippen molar-refractivity contribution in [2.75, 3.05) is 0 Å². The van der Waals surface area contributed by atoms with E-state index in [0.717, 1.165) is 5.56 Å². The van der Waals surface area contributed by atoms with E-state index in [1.54, 1.807) is 13.8 Å². The average Bonchev–Trinajstić information content (AvgIpc) is 2.33. The van der Waals surface area contributed by atoms with Gasteiger partial charge in [-0.15, -0.1) is 0 Å². The van der Waals surface area contributed by atoms with Crippen LogP contribution in [0.25, 0.3) is 0 Å². The van der Waals surface area contributed by atoms with Crippen molar-refractivity contribution < 1.29 is 18.0 Å². The fraction of sp³-hybridized carbons (Fsp3) is 0.562. The summed E-state index contributed by atoms with van der Waals surface area (Å²) in [5.41, 5.74) is -1.32. The monoisotopic (exact) mass is 299 g/mol. The van der Waals surface area contributed by atoms with Crippen molar-refractivity contribution in [1.82, 2.24) is 4.90 Å². The number of benzene rings is 1. The number of halogens is 3. The molecule has 1 fully saturated rings. The molecule has 2 nitrogen and oxygen atoms in total.